The van der Waals surface area contributed by atoms with E-state index in [-0.39, 0.29) is 11.6 Å². The smallest absolute Gasteiger partial charge is 0.272 e. The predicted molar refractivity (Wildman–Crippen MR) is 193 cm³/mol. The van der Waals surface area contributed by atoms with E-state index in [2.05, 4.69) is 36.9 Å². The van der Waals surface area contributed by atoms with Crippen molar-refractivity contribution in [1.29, 1.82) is 0 Å². The summed E-state index contributed by atoms with van der Waals surface area (Å²) < 4.78 is 0.889. The van der Waals surface area contributed by atoms with E-state index < -0.39 is 17.1 Å². The van der Waals surface area contributed by atoms with Crippen LogP contribution in [0, 0.1) is 0 Å². The number of carbonyl (C=O) groups is 3. The number of aromatic nitrogens is 1. The first-order valence-corrected chi connectivity index (χ1v) is 17.1. The second-order valence-electron chi connectivity index (χ2n) is 9.82. The van der Waals surface area contributed by atoms with Gasteiger partial charge in [-0.2, -0.15) is 0 Å². The van der Waals surface area contributed by atoms with Gasteiger partial charge in [0.1, 0.15) is 5.70 Å². The zero-order valence-corrected chi connectivity index (χ0v) is 28.8. The molecule has 232 valence electrons. The van der Waals surface area contributed by atoms with Gasteiger partial charge in [-0.05, 0) is 79.2 Å². The minimum Gasteiger partial charge on any atom is -0.321 e. The molecule has 0 saturated carbocycles. The highest BCUT2D eigenvalue weighted by atomic mass is 79.9. The minimum atomic E-state index is -0.500. The maximum atomic E-state index is 13.4. The molecule has 0 radical (unpaired) electrons. The number of carbonyl (C=O) groups excluding carboxylic acids is 3. The number of nitrogens with one attached hydrogen (secondary N) is 3. The molecule has 1 aromatic heterocycles. The van der Waals surface area contributed by atoms with Crippen LogP contribution in [0.4, 0.5) is 10.8 Å². The van der Waals surface area contributed by atoms with Crippen LogP contribution in [0.2, 0.25) is 10.0 Å². The van der Waals surface area contributed by atoms with Crippen LogP contribution in [-0.4, -0.2) is 28.0 Å². The fourth-order valence-corrected chi connectivity index (χ4v) is 6.54. The first kappa shape index (κ1) is 33.4. The maximum absolute atomic E-state index is 13.4. The number of amides is 3. The Bertz CT molecular complexity index is 1920. The van der Waals surface area contributed by atoms with Crippen LogP contribution in [-0.2, 0) is 9.59 Å². The van der Waals surface area contributed by atoms with Crippen molar-refractivity contribution in [3.63, 3.8) is 0 Å². The molecule has 0 fully saturated rings. The lowest BCUT2D eigenvalue weighted by atomic mass is 10.1. The van der Waals surface area contributed by atoms with E-state index in [0.717, 1.165) is 20.5 Å². The molecule has 46 heavy (non-hydrogen) atoms. The summed E-state index contributed by atoms with van der Waals surface area (Å²) in [6.07, 6.45) is 1.61. The van der Waals surface area contributed by atoms with Crippen LogP contribution < -0.4 is 16.0 Å². The lowest BCUT2D eigenvalue weighted by Crippen LogP contribution is -2.30. The SMILES string of the molecule is CC(Sc1cccc(NC(=O)/C(=C/c2ccc(Br)cc2)NC(=O)c2ccccc2)c1)C(=O)Nc1nc(-c2ccc(Cl)cc2Cl)cs1. The molecule has 3 N–H and O–H groups in total. The van der Waals surface area contributed by atoms with Crippen molar-refractivity contribution in [1.82, 2.24) is 10.3 Å². The fraction of sp³-hybridized carbons (Fsp3) is 0.0588. The number of thioether (sulfide) groups is 1. The maximum Gasteiger partial charge on any atom is 0.272 e. The largest absolute Gasteiger partial charge is 0.321 e. The number of nitrogens with zero attached hydrogens (tertiary/aromatic N) is 1. The highest BCUT2D eigenvalue weighted by Crippen LogP contribution is 2.33. The monoisotopic (exact) mass is 750 g/mol. The number of halogens is 3. The predicted octanol–water partition coefficient (Wildman–Crippen LogP) is 9.41. The van der Waals surface area contributed by atoms with E-state index in [1.165, 1.54) is 23.1 Å². The molecule has 5 aromatic rings. The molecule has 12 heteroatoms. The Hall–Kier alpha value is -3.93. The fourth-order valence-electron chi connectivity index (χ4n) is 4.13. The van der Waals surface area contributed by atoms with Crippen LogP contribution in [0.1, 0.15) is 22.8 Å². The number of hydrogen-bond donors (Lipinski definition) is 3. The Balaban J connectivity index is 1.25. The lowest BCUT2D eigenvalue weighted by molar-refractivity contribution is -0.115. The molecule has 0 aliphatic rings. The first-order chi connectivity index (χ1) is 22.1. The molecule has 0 aliphatic heterocycles. The van der Waals surface area contributed by atoms with Gasteiger partial charge >= 0.3 is 0 Å². The van der Waals surface area contributed by atoms with Crippen molar-refractivity contribution in [3.05, 3.63) is 134 Å². The van der Waals surface area contributed by atoms with Crippen molar-refractivity contribution in [2.75, 3.05) is 10.6 Å². The molecule has 1 heterocycles. The van der Waals surface area contributed by atoms with Gasteiger partial charge in [-0.15, -0.1) is 23.1 Å². The molecule has 0 aliphatic carbocycles. The minimum absolute atomic E-state index is 0.0738. The van der Waals surface area contributed by atoms with Crippen molar-refractivity contribution in [2.24, 2.45) is 0 Å². The topological polar surface area (TPSA) is 100 Å². The second-order valence-corrected chi connectivity index (χ2v) is 13.9. The van der Waals surface area contributed by atoms with Crippen molar-refractivity contribution >= 4 is 96.8 Å². The second kappa shape index (κ2) is 15.6. The Morgan fingerprint density at radius 2 is 1.67 bits per heavy atom. The molecular formula is C34H25BrCl2N4O3S2. The molecule has 1 atom stereocenters. The summed E-state index contributed by atoms with van der Waals surface area (Å²) in [5.41, 5.74) is 3.09. The Labute approximate surface area is 292 Å². The van der Waals surface area contributed by atoms with Crippen molar-refractivity contribution < 1.29 is 14.4 Å². The van der Waals surface area contributed by atoms with Crippen molar-refractivity contribution in [3.8, 4) is 11.3 Å². The third-order valence-corrected chi connectivity index (χ3v) is 9.35. The third-order valence-electron chi connectivity index (χ3n) is 6.43. The molecule has 5 rings (SSSR count). The van der Waals surface area contributed by atoms with Crippen LogP contribution in [0.5, 0.6) is 0 Å². The third kappa shape index (κ3) is 9.08. The normalized spacial score (nSPS) is 11.9. The van der Waals surface area contributed by atoms with Gasteiger partial charge < -0.3 is 16.0 Å². The number of thiazole rings is 1. The first-order valence-electron chi connectivity index (χ1n) is 13.8. The summed E-state index contributed by atoms with van der Waals surface area (Å²) in [7, 11) is 0. The van der Waals surface area contributed by atoms with Crippen LogP contribution >= 0.6 is 62.2 Å². The molecule has 0 spiro atoms. The van der Waals surface area contributed by atoms with E-state index in [0.29, 0.717) is 32.1 Å². The summed E-state index contributed by atoms with van der Waals surface area (Å²) in [5, 5.41) is 11.3. The Kier molecular flexibility index (Phi) is 11.3. The van der Waals surface area contributed by atoms with Gasteiger partial charge in [0.05, 0.1) is 16.0 Å². The molecule has 3 amide bonds. The molecule has 4 aromatic carbocycles. The average molecular weight is 753 g/mol. The standard InChI is InChI=1S/C34H25BrCl2N4O3S2/c1-20(31(42)41-34-40-30(19-45-34)27-15-14-24(36)17-28(27)37)46-26-9-5-8-25(18-26)38-33(44)29(16-21-10-12-23(35)13-11-21)39-32(43)22-6-3-2-4-7-22/h2-20H,1H3,(H,38,44)(H,39,43)(H,40,41,42)/b29-16-. The number of hydrogen-bond acceptors (Lipinski definition) is 6. The molecule has 7 nitrogen and oxygen atoms in total. The lowest BCUT2D eigenvalue weighted by Gasteiger charge is -2.13. The summed E-state index contributed by atoms with van der Waals surface area (Å²) in [5.74, 6) is -1.14. The highest BCUT2D eigenvalue weighted by Gasteiger charge is 2.19. The molecule has 0 saturated heterocycles. The molecule has 1 unspecified atom stereocenters. The summed E-state index contributed by atoms with van der Waals surface area (Å²) in [6, 6.07) is 28.3. The van der Waals surface area contributed by atoms with Gasteiger partial charge in [-0.3, -0.25) is 14.4 Å². The zero-order valence-electron chi connectivity index (χ0n) is 24.1. The van der Waals surface area contributed by atoms with Crippen molar-refractivity contribution in [2.45, 2.75) is 17.1 Å². The summed E-state index contributed by atoms with van der Waals surface area (Å²) in [6.45, 7) is 1.79. The Morgan fingerprint density at radius 3 is 2.41 bits per heavy atom. The van der Waals surface area contributed by atoms with Crippen LogP contribution in [0.15, 0.2) is 118 Å². The van der Waals surface area contributed by atoms with Gasteiger partial charge in [0.15, 0.2) is 5.13 Å². The summed E-state index contributed by atoms with van der Waals surface area (Å²) in [4.78, 5) is 44.7. The van der Waals surface area contributed by atoms with E-state index in [1.807, 2.05) is 41.8 Å². The molecular weight excluding hydrogens is 727 g/mol. The summed E-state index contributed by atoms with van der Waals surface area (Å²) >= 11 is 18.3. The van der Waals surface area contributed by atoms with E-state index in [4.69, 9.17) is 23.2 Å². The van der Waals surface area contributed by atoms with Gasteiger partial charge in [-0.1, -0.05) is 75.5 Å². The Morgan fingerprint density at radius 1 is 0.913 bits per heavy atom. The number of benzene rings is 4. The molecule has 0 bridgehead atoms. The number of anilines is 2. The quantitative estimate of drug-likeness (QED) is 0.0976. The highest BCUT2D eigenvalue weighted by molar-refractivity contribution is 9.10. The van der Waals surface area contributed by atoms with E-state index in [9.17, 15) is 14.4 Å². The van der Waals surface area contributed by atoms with E-state index >= 15 is 0 Å². The zero-order chi connectivity index (χ0) is 32.6. The average Bonchev–Trinajstić information content (AvgIpc) is 3.50. The van der Waals surface area contributed by atoms with Gasteiger partial charge in [0.25, 0.3) is 11.8 Å². The van der Waals surface area contributed by atoms with Gasteiger partial charge in [-0.25, -0.2) is 4.98 Å². The van der Waals surface area contributed by atoms with Gasteiger partial charge in [0, 0.05) is 36.6 Å². The van der Waals surface area contributed by atoms with Crippen LogP contribution in [0.25, 0.3) is 17.3 Å². The van der Waals surface area contributed by atoms with Crippen LogP contribution in [0.3, 0.4) is 0 Å². The number of rotatable bonds is 10. The van der Waals surface area contributed by atoms with Gasteiger partial charge in [0.2, 0.25) is 5.91 Å². The van der Waals surface area contributed by atoms with E-state index in [1.54, 1.807) is 73.7 Å².